The maximum atomic E-state index is 11.9. The molecule has 1 saturated heterocycles. The number of carbonyl (C=O) groups excluding carboxylic acids is 2. The van der Waals surface area contributed by atoms with Crippen LogP contribution in [0.2, 0.25) is 0 Å². The van der Waals surface area contributed by atoms with E-state index >= 15 is 0 Å². The molecule has 0 amide bonds. The molecule has 0 bridgehead atoms. The van der Waals surface area contributed by atoms with E-state index in [2.05, 4.69) is 0 Å². The maximum Gasteiger partial charge on any atom is 0.345 e. The van der Waals surface area contributed by atoms with Crippen LogP contribution in [-0.2, 0) is 14.3 Å². The van der Waals surface area contributed by atoms with Gasteiger partial charge in [0.15, 0.2) is 5.78 Å². The number of aliphatic hydroxyl groups excluding tert-OH is 1. The van der Waals surface area contributed by atoms with Crippen LogP contribution in [0.4, 0.5) is 0 Å². The fourth-order valence-electron chi connectivity index (χ4n) is 1.54. The quantitative estimate of drug-likeness (QED) is 0.338. The minimum atomic E-state index is -0.701. The Bertz CT molecular complexity index is 343. The second kappa shape index (κ2) is 4.68. The zero-order chi connectivity index (χ0) is 12.5. The van der Waals surface area contributed by atoms with Crippen molar-refractivity contribution in [1.29, 1.82) is 0 Å². The van der Waals surface area contributed by atoms with Crippen molar-refractivity contribution in [2.75, 3.05) is 0 Å². The van der Waals surface area contributed by atoms with E-state index in [1.807, 2.05) is 6.92 Å². The first kappa shape index (κ1) is 12.7. The number of ether oxygens (including phenoxy) is 1. The average molecular weight is 226 g/mol. The van der Waals surface area contributed by atoms with E-state index in [-0.39, 0.29) is 29.0 Å². The predicted octanol–water partition coefficient (Wildman–Crippen LogP) is 2.00. The largest absolute Gasteiger partial charge is 0.511 e. The Morgan fingerprint density at radius 1 is 1.44 bits per heavy atom. The molecule has 0 aromatic carbocycles. The van der Waals surface area contributed by atoms with Gasteiger partial charge in [-0.3, -0.25) is 4.79 Å². The number of cyclic esters (lactones) is 1. The molecule has 16 heavy (non-hydrogen) atoms. The summed E-state index contributed by atoms with van der Waals surface area (Å²) in [5.41, 5.74) is -0.167. The third-order valence-corrected chi connectivity index (χ3v) is 3.20. The number of esters is 1. The molecule has 1 fully saturated rings. The first-order valence-electron chi connectivity index (χ1n) is 5.58. The second-order valence-corrected chi connectivity index (χ2v) is 4.33. The SMILES string of the molecule is CCC(C)/C(O)=C1\C(=O)OC(C)C(C)C1=O. The lowest BCUT2D eigenvalue weighted by molar-refractivity contribution is -0.154. The van der Waals surface area contributed by atoms with Gasteiger partial charge in [0.1, 0.15) is 17.4 Å². The maximum absolute atomic E-state index is 11.9. The third kappa shape index (κ3) is 2.10. The molecule has 3 unspecified atom stereocenters. The van der Waals surface area contributed by atoms with Crippen LogP contribution in [0.3, 0.4) is 0 Å². The van der Waals surface area contributed by atoms with Crippen LogP contribution in [0.15, 0.2) is 11.3 Å². The third-order valence-electron chi connectivity index (χ3n) is 3.20. The van der Waals surface area contributed by atoms with Crippen molar-refractivity contribution in [2.24, 2.45) is 11.8 Å². The van der Waals surface area contributed by atoms with Crippen LogP contribution >= 0.6 is 0 Å². The second-order valence-electron chi connectivity index (χ2n) is 4.33. The molecular formula is C12H18O4. The van der Waals surface area contributed by atoms with Gasteiger partial charge in [-0.2, -0.15) is 0 Å². The van der Waals surface area contributed by atoms with E-state index in [0.29, 0.717) is 6.42 Å². The summed E-state index contributed by atoms with van der Waals surface area (Å²) in [6.45, 7) is 7.03. The molecule has 3 atom stereocenters. The minimum Gasteiger partial charge on any atom is -0.511 e. The van der Waals surface area contributed by atoms with E-state index in [1.165, 1.54) is 0 Å². The highest BCUT2D eigenvalue weighted by atomic mass is 16.5. The van der Waals surface area contributed by atoms with E-state index in [1.54, 1.807) is 20.8 Å². The van der Waals surface area contributed by atoms with Gasteiger partial charge in [-0.1, -0.05) is 20.8 Å². The van der Waals surface area contributed by atoms with Crippen molar-refractivity contribution in [3.63, 3.8) is 0 Å². The Morgan fingerprint density at radius 2 is 2.00 bits per heavy atom. The number of ketones is 1. The summed E-state index contributed by atoms with van der Waals surface area (Å²) < 4.78 is 5.02. The lowest BCUT2D eigenvalue weighted by Gasteiger charge is -2.27. The van der Waals surface area contributed by atoms with Gasteiger partial charge in [0.2, 0.25) is 0 Å². The normalized spacial score (nSPS) is 31.0. The van der Waals surface area contributed by atoms with Gasteiger partial charge in [-0.25, -0.2) is 4.79 Å². The molecule has 0 saturated carbocycles. The molecule has 4 heteroatoms. The summed E-state index contributed by atoms with van der Waals surface area (Å²) in [6.07, 6.45) is 0.244. The smallest absolute Gasteiger partial charge is 0.345 e. The summed E-state index contributed by atoms with van der Waals surface area (Å²) in [7, 11) is 0. The zero-order valence-electron chi connectivity index (χ0n) is 10.1. The highest BCUT2D eigenvalue weighted by Gasteiger charge is 2.39. The Morgan fingerprint density at radius 3 is 2.50 bits per heavy atom. The van der Waals surface area contributed by atoms with Crippen molar-refractivity contribution >= 4 is 11.8 Å². The molecule has 1 aliphatic heterocycles. The number of allylic oxidation sites excluding steroid dienone is 1. The van der Waals surface area contributed by atoms with Crippen LogP contribution in [0.5, 0.6) is 0 Å². The zero-order valence-corrected chi connectivity index (χ0v) is 10.1. The van der Waals surface area contributed by atoms with Crippen molar-refractivity contribution in [3.8, 4) is 0 Å². The molecular weight excluding hydrogens is 208 g/mol. The Kier molecular flexibility index (Phi) is 3.73. The molecule has 0 aliphatic carbocycles. The molecule has 1 rings (SSSR count). The fraction of sp³-hybridized carbons (Fsp3) is 0.667. The molecule has 1 aliphatic rings. The van der Waals surface area contributed by atoms with Gasteiger partial charge in [0, 0.05) is 5.92 Å². The predicted molar refractivity (Wildman–Crippen MR) is 58.8 cm³/mol. The standard InChI is InChI=1S/C12H18O4/c1-5-6(2)10(13)9-11(14)7(3)8(4)16-12(9)15/h6-8,13H,5H2,1-4H3/b10-9+. The van der Waals surface area contributed by atoms with E-state index in [9.17, 15) is 14.7 Å². The van der Waals surface area contributed by atoms with Crippen LogP contribution in [0, 0.1) is 11.8 Å². The van der Waals surface area contributed by atoms with Gasteiger partial charge in [0.05, 0.1) is 5.92 Å². The van der Waals surface area contributed by atoms with Crippen molar-refractivity contribution in [3.05, 3.63) is 11.3 Å². The van der Waals surface area contributed by atoms with Crippen LogP contribution in [0.25, 0.3) is 0 Å². The fourth-order valence-corrected chi connectivity index (χ4v) is 1.54. The number of hydrogen-bond donors (Lipinski definition) is 1. The topological polar surface area (TPSA) is 63.6 Å². The number of rotatable bonds is 2. The summed E-state index contributed by atoms with van der Waals surface area (Å²) in [4.78, 5) is 23.5. The number of aliphatic hydroxyl groups is 1. The van der Waals surface area contributed by atoms with Crippen LogP contribution < -0.4 is 0 Å². The number of Topliss-reactive ketones (excluding diaryl/α,β-unsaturated/α-hetero) is 1. The lowest BCUT2D eigenvalue weighted by Crippen LogP contribution is -2.39. The Labute approximate surface area is 95.3 Å². The highest BCUT2D eigenvalue weighted by molar-refractivity contribution is 6.20. The van der Waals surface area contributed by atoms with E-state index < -0.39 is 12.1 Å². The van der Waals surface area contributed by atoms with Gasteiger partial charge in [-0.15, -0.1) is 0 Å². The first-order chi connectivity index (χ1) is 7.40. The molecule has 1 heterocycles. The van der Waals surface area contributed by atoms with E-state index in [0.717, 1.165) is 0 Å². The van der Waals surface area contributed by atoms with Crippen LogP contribution in [0.1, 0.15) is 34.1 Å². The van der Waals surface area contributed by atoms with Crippen molar-refractivity contribution in [2.45, 2.75) is 40.2 Å². The molecule has 0 spiro atoms. The summed E-state index contributed by atoms with van der Waals surface area (Å²) >= 11 is 0. The summed E-state index contributed by atoms with van der Waals surface area (Å²) in [6, 6.07) is 0. The molecule has 1 N–H and O–H groups in total. The van der Waals surface area contributed by atoms with Gasteiger partial charge in [0.25, 0.3) is 0 Å². The minimum absolute atomic E-state index is 0.142. The number of hydrogen-bond acceptors (Lipinski definition) is 4. The first-order valence-corrected chi connectivity index (χ1v) is 5.58. The van der Waals surface area contributed by atoms with Gasteiger partial charge < -0.3 is 9.84 Å². The van der Waals surface area contributed by atoms with Crippen molar-refractivity contribution in [1.82, 2.24) is 0 Å². The molecule has 4 nitrogen and oxygen atoms in total. The van der Waals surface area contributed by atoms with E-state index in [4.69, 9.17) is 4.74 Å². The lowest BCUT2D eigenvalue weighted by atomic mass is 9.89. The summed E-state index contributed by atoms with van der Waals surface area (Å²) in [5.74, 6) is -1.75. The monoisotopic (exact) mass is 226 g/mol. The number of carbonyl (C=O) groups is 2. The molecule has 0 radical (unpaired) electrons. The van der Waals surface area contributed by atoms with Crippen molar-refractivity contribution < 1.29 is 19.4 Å². The highest BCUT2D eigenvalue weighted by Crippen LogP contribution is 2.26. The Balaban J connectivity index is 3.12. The average Bonchev–Trinajstić information content (AvgIpc) is 2.24. The molecule has 0 aromatic heterocycles. The molecule has 90 valence electrons. The molecule has 0 aromatic rings. The Hall–Kier alpha value is -1.32. The van der Waals surface area contributed by atoms with Gasteiger partial charge in [-0.05, 0) is 13.3 Å². The van der Waals surface area contributed by atoms with Gasteiger partial charge >= 0.3 is 5.97 Å². The summed E-state index contributed by atoms with van der Waals surface area (Å²) in [5, 5.41) is 9.85. The van der Waals surface area contributed by atoms with Crippen LogP contribution in [-0.4, -0.2) is 23.0 Å².